The van der Waals surface area contributed by atoms with Crippen LogP contribution in [0.15, 0.2) is 30.3 Å². The normalized spacial score (nSPS) is 20.0. The van der Waals surface area contributed by atoms with Crippen LogP contribution in [0.25, 0.3) is 0 Å². The molecule has 0 saturated carbocycles. The maximum absolute atomic E-state index is 13.8. The van der Waals surface area contributed by atoms with Crippen molar-refractivity contribution in [2.24, 2.45) is 11.8 Å². The van der Waals surface area contributed by atoms with Gasteiger partial charge in [-0.3, -0.25) is 24.0 Å². The molecule has 248 valence electrons. The van der Waals surface area contributed by atoms with E-state index in [1.54, 1.807) is 35.2 Å². The summed E-state index contributed by atoms with van der Waals surface area (Å²) in [6.45, 7) is 3.86. The summed E-state index contributed by atoms with van der Waals surface area (Å²) in [5, 5.41) is 10.3. The number of carbonyl (C=O) groups is 6. The zero-order valence-corrected chi connectivity index (χ0v) is 27.4. The van der Waals surface area contributed by atoms with Gasteiger partial charge in [0.05, 0.1) is 6.04 Å². The molecule has 2 fully saturated rings. The van der Waals surface area contributed by atoms with Crippen molar-refractivity contribution in [2.75, 3.05) is 26.2 Å². The van der Waals surface area contributed by atoms with Gasteiger partial charge in [-0.25, -0.2) is 13.6 Å². The topological polar surface area (TPSA) is 163 Å². The number of amides is 4. The van der Waals surface area contributed by atoms with E-state index in [2.05, 4.69) is 21.3 Å². The van der Waals surface area contributed by atoms with Crippen molar-refractivity contribution in [1.29, 1.82) is 0 Å². The molecule has 2 aliphatic rings. The number of alkyl halides is 2. The zero-order chi connectivity index (χ0) is 33.1. The maximum Gasteiger partial charge on any atom is 0.408 e. The molecule has 4 atom stereocenters. The standard InChI is InChI=1S/C30H40F2IN5O7/c1-18(2)14-22(27(42)35-21(24(39)25(33)40)15-20-8-11-34-26(20)41)36-28(43)23(16-38-12-9-30(31,32)10-13-38)37-29(44)45-17-19-6-4-3-5-7-19/h3-7,18,20-23H,8-17H2,1-2H3,(H,34,41)(H,35,42)(H,36,43)(H,37,44)/t20-,21-,22-,23-/m0/s1. The van der Waals surface area contributed by atoms with Crippen molar-refractivity contribution in [3.8, 4) is 0 Å². The monoisotopic (exact) mass is 747 g/mol. The van der Waals surface area contributed by atoms with Crippen LogP contribution in [0.2, 0.25) is 0 Å². The van der Waals surface area contributed by atoms with Crippen molar-refractivity contribution >= 4 is 56.0 Å². The molecule has 4 N–H and O–H groups in total. The SMILES string of the molecule is CC(C)C[C@H](NC(=O)[C@H](CN1CCC(F)(F)CC1)NC(=O)OCc1ccccc1)C(=O)N[C@@H](C[C@@H]1CCNC1=O)C(=O)C(=O)I. The van der Waals surface area contributed by atoms with E-state index in [-0.39, 0.29) is 50.9 Å². The third kappa shape index (κ3) is 11.9. The van der Waals surface area contributed by atoms with Gasteiger partial charge >= 0.3 is 6.09 Å². The van der Waals surface area contributed by atoms with Gasteiger partial charge < -0.3 is 30.9 Å². The summed E-state index contributed by atoms with van der Waals surface area (Å²) in [7, 11) is 0. The summed E-state index contributed by atoms with van der Waals surface area (Å²) in [6, 6.07) is 5.14. The number of halogens is 3. The van der Waals surface area contributed by atoms with E-state index in [9.17, 15) is 37.5 Å². The van der Waals surface area contributed by atoms with Crippen LogP contribution in [0.4, 0.5) is 13.6 Å². The number of alkyl carbamates (subject to hydrolysis) is 1. The van der Waals surface area contributed by atoms with Gasteiger partial charge in [-0.05, 0) is 30.7 Å². The fraction of sp³-hybridized carbons (Fsp3) is 0.600. The molecule has 45 heavy (non-hydrogen) atoms. The molecule has 0 unspecified atom stereocenters. The van der Waals surface area contributed by atoms with Gasteiger partial charge in [-0.15, -0.1) is 0 Å². The summed E-state index contributed by atoms with van der Waals surface area (Å²) in [5.41, 5.74) is 0.713. The first-order valence-corrected chi connectivity index (χ1v) is 16.0. The lowest BCUT2D eigenvalue weighted by molar-refractivity contribution is -0.136. The summed E-state index contributed by atoms with van der Waals surface area (Å²) in [6.07, 6.45) is -1.21. The highest BCUT2D eigenvalue weighted by atomic mass is 127. The molecule has 2 aliphatic heterocycles. The van der Waals surface area contributed by atoms with Crippen LogP contribution in [-0.2, 0) is 35.3 Å². The second kappa shape index (κ2) is 16.9. The second-order valence-corrected chi connectivity index (χ2v) is 12.8. The number of hydrogen-bond donors (Lipinski definition) is 4. The Morgan fingerprint density at radius 2 is 1.62 bits per heavy atom. The average molecular weight is 748 g/mol. The molecule has 0 aromatic heterocycles. The number of nitrogens with one attached hydrogen (secondary N) is 4. The first-order chi connectivity index (χ1) is 21.2. The molecule has 0 spiro atoms. The molecule has 0 radical (unpaired) electrons. The highest BCUT2D eigenvalue weighted by Gasteiger charge is 2.38. The molecule has 0 bridgehead atoms. The molecular formula is C30H40F2IN5O7. The highest BCUT2D eigenvalue weighted by Crippen LogP contribution is 2.27. The Morgan fingerprint density at radius 1 is 1.00 bits per heavy atom. The zero-order valence-electron chi connectivity index (χ0n) is 25.3. The predicted molar refractivity (Wildman–Crippen MR) is 167 cm³/mol. The lowest BCUT2D eigenvalue weighted by Gasteiger charge is -2.34. The minimum absolute atomic E-state index is 0.00367. The first kappa shape index (κ1) is 36.3. The highest BCUT2D eigenvalue weighted by molar-refractivity contribution is 14.1. The lowest BCUT2D eigenvalue weighted by atomic mass is 9.95. The number of hydrogen-bond acceptors (Lipinski definition) is 8. The van der Waals surface area contributed by atoms with Gasteiger partial charge in [0.1, 0.15) is 18.7 Å². The van der Waals surface area contributed by atoms with Crippen LogP contribution in [0.1, 0.15) is 51.5 Å². The van der Waals surface area contributed by atoms with E-state index >= 15 is 0 Å². The molecule has 0 aliphatic carbocycles. The Hall–Kier alpha value is -3.21. The predicted octanol–water partition coefficient (Wildman–Crippen LogP) is 2.09. The Bertz CT molecular complexity index is 1230. The Morgan fingerprint density at radius 3 is 2.20 bits per heavy atom. The fourth-order valence-corrected chi connectivity index (χ4v) is 5.57. The number of carbonyl (C=O) groups excluding carboxylic acids is 6. The molecule has 1 aromatic carbocycles. The molecule has 12 nitrogen and oxygen atoms in total. The second-order valence-electron chi connectivity index (χ2n) is 11.8. The Labute approximate surface area is 274 Å². The Kier molecular flexibility index (Phi) is 13.6. The van der Waals surface area contributed by atoms with E-state index in [4.69, 9.17) is 4.74 Å². The summed E-state index contributed by atoms with van der Waals surface area (Å²) >= 11 is 1.32. The van der Waals surface area contributed by atoms with Gasteiger partial charge in [0.25, 0.3) is 9.71 Å². The lowest BCUT2D eigenvalue weighted by Crippen LogP contribution is -2.59. The van der Waals surface area contributed by atoms with Crippen LogP contribution in [0, 0.1) is 11.8 Å². The van der Waals surface area contributed by atoms with E-state index < -0.39 is 70.3 Å². The van der Waals surface area contributed by atoms with E-state index in [0.29, 0.717) is 18.5 Å². The van der Waals surface area contributed by atoms with Crippen molar-refractivity contribution in [3.63, 3.8) is 0 Å². The number of nitrogens with zero attached hydrogens (tertiary/aromatic N) is 1. The molecule has 2 saturated heterocycles. The van der Waals surface area contributed by atoms with E-state index in [0.717, 1.165) is 0 Å². The first-order valence-electron chi connectivity index (χ1n) is 14.9. The number of rotatable bonds is 15. The average Bonchev–Trinajstić information content (AvgIpc) is 3.39. The largest absolute Gasteiger partial charge is 0.445 e. The number of ketones is 1. The third-order valence-corrected chi connectivity index (χ3v) is 8.23. The van der Waals surface area contributed by atoms with Gasteiger partial charge in [0, 0.05) is 67.5 Å². The van der Waals surface area contributed by atoms with Gasteiger partial charge in [-0.1, -0.05) is 44.2 Å². The molecule has 2 heterocycles. The van der Waals surface area contributed by atoms with Crippen LogP contribution >= 0.6 is 22.6 Å². The van der Waals surface area contributed by atoms with Crippen LogP contribution in [-0.4, -0.2) is 88.5 Å². The summed E-state index contributed by atoms with van der Waals surface area (Å²) in [4.78, 5) is 78.2. The quantitative estimate of drug-likeness (QED) is 0.121. The number of Topliss-reactive ketones (excluding diaryl/α,β-unsaturated/α-hetero) is 1. The minimum atomic E-state index is -2.82. The smallest absolute Gasteiger partial charge is 0.408 e. The number of likely N-dealkylation sites (tertiary alicyclic amines) is 1. The molecule has 15 heteroatoms. The molecule has 3 rings (SSSR count). The van der Waals surface area contributed by atoms with Crippen molar-refractivity contribution in [2.45, 2.75) is 76.6 Å². The number of ether oxygens (including phenoxy) is 1. The summed E-state index contributed by atoms with van der Waals surface area (Å²) < 4.78 is 32.0. The van der Waals surface area contributed by atoms with Gasteiger partial charge in [0.2, 0.25) is 23.5 Å². The maximum atomic E-state index is 13.8. The third-order valence-electron chi connectivity index (χ3n) is 7.70. The fourth-order valence-electron chi connectivity index (χ4n) is 5.19. The number of piperidine rings is 1. The van der Waals surface area contributed by atoms with Gasteiger partial charge in [-0.2, -0.15) is 0 Å². The molecule has 1 aromatic rings. The van der Waals surface area contributed by atoms with Crippen molar-refractivity contribution in [3.05, 3.63) is 35.9 Å². The van der Waals surface area contributed by atoms with Crippen LogP contribution < -0.4 is 21.3 Å². The summed E-state index contributed by atoms with van der Waals surface area (Å²) in [5.74, 6) is -6.14. The van der Waals surface area contributed by atoms with Crippen molar-refractivity contribution in [1.82, 2.24) is 26.2 Å². The van der Waals surface area contributed by atoms with Crippen LogP contribution in [0.5, 0.6) is 0 Å². The number of benzene rings is 1. The molecule has 4 amide bonds. The minimum Gasteiger partial charge on any atom is -0.445 e. The van der Waals surface area contributed by atoms with Gasteiger partial charge in [0.15, 0.2) is 0 Å². The molecular weight excluding hydrogens is 707 g/mol. The Balaban J connectivity index is 1.74. The van der Waals surface area contributed by atoms with E-state index in [1.165, 1.54) is 22.6 Å². The van der Waals surface area contributed by atoms with Crippen LogP contribution in [0.3, 0.4) is 0 Å². The van der Waals surface area contributed by atoms with Crippen molar-refractivity contribution < 1.29 is 42.3 Å². The van der Waals surface area contributed by atoms with E-state index in [1.807, 2.05) is 13.8 Å².